The third-order valence-corrected chi connectivity index (χ3v) is 4.99. The average molecular weight is 366 g/mol. The fourth-order valence-corrected chi connectivity index (χ4v) is 3.50. The van der Waals surface area contributed by atoms with Crippen molar-refractivity contribution in [1.82, 2.24) is 10.3 Å². The number of rotatable bonds is 8. The Morgan fingerprint density at radius 3 is 2.77 bits per heavy atom. The highest BCUT2D eigenvalue weighted by molar-refractivity contribution is 7.13. The minimum Gasteiger partial charge on any atom is -0.497 e. The van der Waals surface area contributed by atoms with Gasteiger partial charge in [0, 0.05) is 23.9 Å². The van der Waals surface area contributed by atoms with Gasteiger partial charge in [-0.2, -0.15) is 0 Å². The zero-order valence-electron chi connectivity index (χ0n) is 14.8. The Morgan fingerprint density at radius 2 is 1.96 bits per heavy atom. The Labute approximate surface area is 157 Å². The van der Waals surface area contributed by atoms with Crippen molar-refractivity contribution in [3.63, 3.8) is 0 Å². The quantitative estimate of drug-likeness (QED) is 0.653. The van der Waals surface area contributed by atoms with Crippen LogP contribution in [0.15, 0.2) is 60.0 Å². The Hall–Kier alpha value is -2.66. The molecule has 0 atom stereocenters. The molecule has 0 aliphatic rings. The summed E-state index contributed by atoms with van der Waals surface area (Å²) in [6.45, 7) is 0.623. The van der Waals surface area contributed by atoms with Gasteiger partial charge >= 0.3 is 0 Å². The molecule has 1 N–H and O–H groups in total. The number of nitrogens with zero attached hydrogens (tertiary/aromatic N) is 1. The van der Waals surface area contributed by atoms with Crippen LogP contribution in [0.4, 0.5) is 0 Å². The average Bonchev–Trinajstić information content (AvgIpc) is 3.16. The van der Waals surface area contributed by atoms with Gasteiger partial charge in [0.25, 0.3) is 0 Å². The van der Waals surface area contributed by atoms with Crippen LogP contribution >= 0.6 is 11.3 Å². The molecule has 0 unspecified atom stereocenters. The number of carbonyl (C=O) groups is 1. The van der Waals surface area contributed by atoms with Crippen molar-refractivity contribution in [2.75, 3.05) is 13.7 Å². The van der Waals surface area contributed by atoms with Crippen molar-refractivity contribution in [2.45, 2.75) is 19.3 Å². The second-order valence-electron chi connectivity index (χ2n) is 5.96. The minimum absolute atomic E-state index is 0.0576. The summed E-state index contributed by atoms with van der Waals surface area (Å²) in [5.41, 5.74) is 3.24. The maximum absolute atomic E-state index is 12.0. The van der Waals surface area contributed by atoms with Gasteiger partial charge in [0.1, 0.15) is 10.8 Å². The van der Waals surface area contributed by atoms with E-state index >= 15 is 0 Å². The van der Waals surface area contributed by atoms with Crippen molar-refractivity contribution < 1.29 is 9.53 Å². The number of aromatic nitrogens is 1. The summed E-state index contributed by atoms with van der Waals surface area (Å²) in [5.74, 6) is 0.897. The number of ether oxygens (including phenoxy) is 1. The number of aryl methyl sites for hydroxylation is 1. The maximum atomic E-state index is 12.0. The molecule has 1 heterocycles. The zero-order chi connectivity index (χ0) is 18.2. The third kappa shape index (κ3) is 5.17. The van der Waals surface area contributed by atoms with E-state index in [-0.39, 0.29) is 5.91 Å². The topological polar surface area (TPSA) is 51.2 Å². The van der Waals surface area contributed by atoms with Crippen LogP contribution in [0.1, 0.15) is 17.7 Å². The molecule has 1 amide bonds. The predicted octanol–water partition coefficient (Wildman–Crippen LogP) is 4.11. The van der Waals surface area contributed by atoms with Crippen molar-refractivity contribution in [3.05, 3.63) is 71.2 Å². The summed E-state index contributed by atoms with van der Waals surface area (Å²) in [7, 11) is 1.66. The molecule has 0 bridgehead atoms. The monoisotopic (exact) mass is 366 g/mol. The van der Waals surface area contributed by atoms with E-state index in [9.17, 15) is 4.79 Å². The van der Waals surface area contributed by atoms with E-state index < -0.39 is 0 Å². The molecule has 4 nitrogen and oxygen atoms in total. The van der Waals surface area contributed by atoms with Gasteiger partial charge in [0.05, 0.1) is 12.8 Å². The number of carbonyl (C=O) groups excluding carboxylic acids is 1. The molecule has 0 aliphatic heterocycles. The molecule has 0 radical (unpaired) electrons. The lowest BCUT2D eigenvalue weighted by Crippen LogP contribution is -2.25. The fourth-order valence-electron chi connectivity index (χ4n) is 2.64. The lowest BCUT2D eigenvalue weighted by atomic mass is 10.1. The Kier molecular flexibility index (Phi) is 6.39. The first-order chi connectivity index (χ1) is 12.7. The van der Waals surface area contributed by atoms with Crippen LogP contribution in [0.5, 0.6) is 5.75 Å². The van der Waals surface area contributed by atoms with E-state index in [0.29, 0.717) is 19.4 Å². The lowest BCUT2D eigenvalue weighted by Gasteiger charge is -2.06. The normalized spacial score (nSPS) is 10.5. The largest absolute Gasteiger partial charge is 0.497 e. The molecular weight excluding hydrogens is 344 g/mol. The van der Waals surface area contributed by atoms with Crippen LogP contribution in [-0.4, -0.2) is 24.5 Å². The summed E-state index contributed by atoms with van der Waals surface area (Å²) < 4.78 is 5.21. The number of thiazole rings is 1. The summed E-state index contributed by atoms with van der Waals surface area (Å²) >= 11 is 1.62. The van der Waals surface area contributed by atoms with Crippen molar-refractivity contribution in [3.8, 4) is 16.3 Å². The number of methoxy groups -OCH3 is 1. The molecule has 0 saturated heterocycles. The number of benzene rings is 2. The summed E-state index contributed by atoms with van der Waals surface area (Å²) in [4.78, 5) is 16.7. The van der Waals surface area contributed by atoms with Gasteiger partial charge in [-0.3, -0.25) is 4.79 Å². The zero-order valence-corrected chi connectivity index (χ0v) is 15.6. The van der Waals surface area contributed by atoms with Gasteiger partial charge < -0.3 is 10.1 Å². The van der Waals surface area contributed by atoms with E-state index in [1.807, 2.05) is 60.0 Å². The van der Waals surface area contributed by atoms with Crippen LogP contribution in [0.3, 0.4) is 0 Å². The molecule has 3 aromatic rings. The highest BCUT2D eigenvalue weighted by atomic mass is 32.1. The highest BCUT2D eigenvalue weighted by Gasteiger charge is 2.07. The Morgan fingerprint density at radius 1 is 1.12 bits per heavy atom. The molecular formula is C21H22N2O2S. The van der Waals surface area contributed by atoms with Crippen LogP contribution in [0.25, 0.3) is 10.6 Å². The van der Waals surface area contributed by atoms with E-state index in [1.54, 1.807) is 18.4 Å². The van der Waals surface area contributed by atoms with Crippen molar-refractivity contribution in [2.24, 2.45) is 0 Å². The molecule has 0 fully saturated rings. The van der Waals surface area contributed by atoms with Crippen molar-refractivity contribution in [1.29, 1.82) is 0 Å². The summed E-state index contributed by atoms with van der Waals surface area (Å²) in [6.07, 6.45) is 1.90. The number of hydrogen-bond donors (Lipinski definition) is 1. The summed E-state index contributed by atoms with van der Waals surface area (Å²) in [6, 6.07) is 18.0. The van der Waals surface area contributed by atoms with Gasteiger partial charge in [0.15, 0.2) is 0 Å². The standard InChI is InChI=1S/C21H22N2O2S/c1-25-19-9-5-6-16(14-19)12-13-22-20(24)11-10-18-15-26-21(23-18)17-7-3-2-4-8-17/h2-9,14-15H,10-13H2,1H3,(H,22,24). The molecule has 0 spiro atoms. The van der Waals surface area contributed by atoms with Gasteiger partial charge in [-0.1, -0.05) is 42.5 Å². The second-order valence-corrected chi connectivity index (χ2v) is 6.82. The molecule has 0 aliphatic carbocycles. The van der Waals surface area contributed by atoms with Crippen LogP contribution in [0, 0.1) is 0 Å². The lowest BCUT2D eigenvalue weighted by molar-refractivity contribution is -0.121. The first kappa shape index (κ1) is 18.1. The molecule has 134 valence electrons. The third-order valence-electron chi connectivity index (χ3n) is 4.05. The maximum Gasteiger partial charge on any atom is 0.220 e. The summed E-state index contributed by atoms with van der Waals surface area (Å²) in [5, 5.41) is 6.01. The Bertz CT molecular complexity index is 846. The number of hydrogen-bond acceptors (Lipinski definition) is 4. The van der Waals surface area contributed by atoms with Crippen LogP contribution in [0.2, 0.25) is 0 Å². The van der Waals surface area contributed by atoms with Gasteiger partial charge in [-0.25, -0.2) is 4.98 Å². The van der Waals surface area contributed by atoms with E-state index in [1.165, 1.54) is 0 Å². The van der Waals surface area contributed by atoms with Gasteiger partial charge in [0.2, 0.25) is 5.91 Å². The first-order valence-corrected chi connectivity index (χ1v) is 9.52. The molecule has 26 heavy (non-hydrogen) atoms. The number of amides is 1. The minimum atomic E-state index is 0.0576. The molecule has 1 aromatic heterocycles. The SMILES string of the molecule is COc1cccc(CCNC(=O)CCc2csc(-c3ccccc3)n2)c1. The molecule has 3 rings (SSSR count). The van der Waals surface area contributed by atoms with E-state index in [4.69, 9.17) is 4.74 Å². The van der Waals surface area contributed by atoms with Crippen molar-refractivity contribution >= 4 is 17.2 Å². The molecule has 0 saturated carbocycles. The Balaban J connectivity index is 1.42. The van der Waals surface area contributed by atoms with E-state index in [0.717, 1.165) is 34.0 Å². The van der Waals surface area contributed by atoms with Crippen LogP contribution < -0.4 is 10.1 Å². The molecule has 5 heteroatoms. The number of nitrogens with one attached hydrogen (secondary N) is 1. The highest BCUT2D eigenvalue weighted by Crippen LogP contribution is 2.23. The predicted molar refractivity (Wildman–Crippen MR) is 106 cm³/mol. The van der Waals surface area contributed by atoms with Crippen LogP contribution in [-0.2, 0) is 17.6 Å². The molecule has 2 aromatic carbocycles. The smallest absolute Gasteiger partial charge is 0.220 e. The van der Waals surface area contributed by atoms with Gasteiger partial charge in [-0.05, 0) is 30.5 Å². The van der Waals surface area contributed by atoms with E-state index in [2.05, 4.69) is 10.3 Å². The second kappa shape index (κ2) is 9.15. The van der Waals surface area contributed by atoms with Gasteiger partial charge in [-0.15, -0.1) is 11.3 Å². The fraction of sp³-hybridized carbons (Fsp3) is 0.238. The first-order valence-electron chi connectivity index (χ1n) is 8.64.